The van der Waals surface area contributed by atoms with E-state index in [-0.39, 0.29) is 16.9 Å². The third-order valence-corrected chi connectivity index (χ3v) is 2.76. The van der Waals surface area contributed by atoms with Gasteiger partial charge in [0.1, 0.15) is 5.58 Å². The van der Waals surface area contributed by atoms with Crippen LogP contribution < -0.4 is 5.43 Å². The Balaban J connectivity index is 2.47. The highest BCUT2D eigenvalue weighted by atomic mass is 16.4. The van der Waals surface area contributed by atoms with E-state index in [4.69, 9.17) is 8.83 Å². The first-order valence-corrected chi connectivity index (χ1v) is 5.51. The molecule has 0 radical (unpaired) electrons. The normalized spacial score (nSPS) is 10.7. The zero-order chi connectivity index (χ0) is 13.4. The largest absolute Gasteiger partial charge is 0.477 e. The van der Waals surface area contributed by atoms with Crippen molar-refractivity contribution in [3.8, 4) is 11.5 Å². The molecule has 0 aliphatic heterocycles. The van der Waals surface area contributed by atoms with Gasteiger partial charge in [0.2, 0.25) is 5.43 Å². The Kier molecular flexibility index (Phi) is 2.45. The Labute approximate surface area is 106 Å². The Hall–Kier alpha value is -2.82. The monoisotopic (exact) mass is 256 g/mol. The first kappa shape index (κ1) is 11.3. The highest BCUT2D eigenvalue weighted by Crippen LogP contribution is 2.26. The fourth-order valence-electron chi connectivity index (χ4n) is 1.92. The third kappa shape index (κ3) is 1.72. The lowest BCUT2D eigenvalue weighted by Crippen LogP contribution is -2.16. The number of aromatic carboxylic acids is 1. The summed E-state index contributed by atoms with van der Waals surface area (Å²) in [5.41, 5.74) is -0.682. The lowest BCUT2D eigenvalue weighted by molar-refractivity contribution is 0.0694. The van der Waals surface area contributed by atoms with Crippen LogP contribution in [0.4, 0.5) is 0 Å². The maximum atomic E-state index is 12.2. The van der Waals surface area contributed by atoms with E-state index in [1.807, 2.05) is 0 Å². The molecule has 1 N–H and O–H groups in total. The molecule has 19 heavy (non-hydrogen) atoms. The summed E-state index contributed by atoms with van der Waals surface area (Å²) in [4.78, 5) is 23.5. The van der Waals surface area contributed by atoms with E-state index in [9.17, 15) is 14.7 Å². The van der Waals surface area contributed by atoms with Crippen molar-refractivity contribution in [3.05, 3.63) is 58.4 Å². The van der Waals surface area contributed by atoms with Crippen molar-refractivity contribution in [2.75, 3.05) is 0 Å². The number of hydrogen-bond donors (Lipinski definition) is 1. The fraction of sp³-hybridized carbons (Fsp3) is 0. The van der Waals surface area contributed by atoms with E-state index in [1.165, 1.54) is 12.3 Å². The molecule has 0 amide bonds. The van der Waals surface area contributed by atoms with Crippen LogP contribution in [0.25, 0.3) is 22.5 Å². The van der Waals surface area contributed by atoms with E-state index in [0.29, 0.717) is 5.58 Å². The van der Waals surface area contributed by atoms with Crippen molar-refractivity contribution in [1.82, 2.24) is 0 Å². The van der Waals surface area contributed by atoms with Gasteiger partial charge >= 0.3 is 5.97 Å². The van der Waals surface area contributed by atoms with Crippen LogP contribution in [-0.4, -0.2) is 11.1 Å². The van der Waals surface area contributed by atoms with Crippen LogP contribution in [0, 0.1) is 0 Å². The molecule has 0 saturated carbocycles. The van der Waals surface area contributed by atoms with Crippen LogP contribution in [0.3, 0.4) is 0 Å². The van der Waals surface area contributed by atoms with Crippen molar-refractivity contribution >= 4 is 16.9 Å². The van der Waals surface area contributed by atoms with Gasteiger partial charge in [-0.2, -0.15) is 0 Å². The summed E-state index contributed by atoms with van der Waals surface area (Å²) in [5, 5.41) is 9.43. The van der Waals surface area contributed by atoms with Crippen LogP contribution in [0.1, 0.15) is 10.4 Å². The van der Waals surface area contributed by atoms with Crippen molar-refractivity contribution < 1.29 is 18.7 Å². The van der Waals surface area contributed by atoms with Gasteiger partial charge in [-0.15, -0.1) is 0 Å². The van der Waals surface area contributed by atoms with Crippen molar-refractivity contribution in [3.63, 3.8) is 0 Å². The number of benzene rings is 1. The topological polar surface area (TPSA) is 80.7 Å². The Morgan fingerprint density at radius 3 is 2.58 bits per heavy atom. The predicted octanol–water partition coefficient (Wildman–Crippen LogP) is 2.75. The van der Waals surface area contributed by atoms with Crippen LogP contribution >= 0.6 is 0 Å². The molecule has 2 heterocycles. The quantitative estimate of drug-likeness (QED) is 0.762. The van der Waals surface area contributed by atoms with Gasteiger partial charge in [0.25, 0.3) is 0 Å². The van der Waals surface area contributed by atoms with E-state index in [0.717, 1.165) is 0 Å². The fourth-order valence-corrected chi connectivity index (χ4v) is 1.92. The molecular weight excluding hydrogens is 248 g/mol. The smallest absolute Gasteiger partial charge is 0.343 e. The highest BCUT2D eigenvalue weighted by Gasteiger charge is 2.22. The Morgan fingerprint density at radius 1 is 1.11 bits per heavy atom. The number of carbonyl (C=O) groups is 1. The molecule has 3 rings (SSSR count). The molecule has 0 aliphatic carbocycles. The Bertz CT molecular complexity index is 811. The Morgan fingerprint density at radius 2 is 1.89 bits per heavy atom. The SMILES string of the molecule is O=C(O)c1c(-c2ccco2)oc2ccccc2c1=O. The van der Waals surface area contributed by atoms with Crippen molar-refractivity contribution in [2.45, 2.75) is 0 Å². The molecule has 0 unspecified atom stereocenters. The molecule has 5 heteroatoms. The maximum absolute atomic E-state index is 12.2. The number of rotatable bonds is 2. The van der Waals surface area contributed by atoms with Gasteiger partial charge < -0.3 is 13.9 Å². The lowest BCUT2D eigenvalue weighted by Gasteiger charge is -2.04. The molecule has 0 saturated heterocycles. The molecule has 2 aromatic heterocycles. The summed E-state index contributed by atoms with van der Waals surface area (Å²) in [6.45, 7) is 0. The second kappa shape index (κ2) is 4.13. The number of carboxylic acid groups (broad SMARTS) is 1. The van der Waals surface area contributed by atoms with E-state index in [2.05, 4.69) is 0 Å². The predicted molar refractivity (Wildman–Crippen MR) is 67.1 cm³/mol. The summed E-state index contributed by atoms with van der Waals surface area (Å²) in [7, 11) is 0. The lowest BCUT2D eigenvalue weighted by atomic mass is 10.1. The second-order valence-corrected chi connectivity index (χ2v) is 3.91. The summed E-state index contributed by atoms with van der Waals surface area (Å²) in [6, 6.07) is 9.62. The number of hydrogen-bond acceptors (Lipinski definition) is 4. The summed E-state index contributed by atoms with van der Waals surface area (Å²) < 4.78 is 10.6. The molecule has 5 nitrogen and oxygen atoms in total. The average Bonchev–Trinajstić information content (AvgIpc) is 2.92. The second-order valence-electron chi connectivity index (χ2n) is 3.91. The van der Waals surface area contributed by atoms with Crippen molar-refractivity contribution in [2.24, 2.45) is 0 Å². The third-order valence-electron chi connectivity index (χ3n) is 2.76. The van der Waals surface area contributed by atoms with E-state index >= 15 is 0 Å². The van der Waals surface area contributed by atoms with E-state index in [1.54, 1.807) is 30.3 Å². The highest BCUT2D eigenvalue weighted by molar-refractivity contribution is 5.97. The molecule has 0 fully saturated rings. The summed E-state index contributed by atoms with van der Waals surface area (Å²) in [6.07, 6.45) is 1.39. The van der Waals surface area contributed by atoms with Gasteiger partial charge in [0, 0.05) is 0 Å². The zero-order valence-corrected chi connectivity index (χ0v) is 9.62. The van der Waals surface area contributed by atoms with Gasteiger partial charge in [-0.1, -0.05) is 12.1 Å². The van der Waals surface area contributed by atoms with Crippen molar-refractivity contribution in [1.29, 1.82) is 0 Å². The zero-order valence-electron chi connectivity index (χ0n) is 9.62. The number of carboxylic acids is 1. The number of para-hydroxylation sites is 1. The average molecular weight is 256 g/mol. The molecule has 0 spiro atoms. The molecule has 1 aromatic carbocycles. The first-order chi connectivity index (χ1) is 9.18. The minimum atomic E-state index is -1.34. The number of furan rings is 1. The van der Waals surface area contributed by atoms with Crippen LogP contribution in [0.15, 0.2) is 56.3 Å². The number of fused-ring (bicyclic) bond motifs is 1. The minimum Gasteiger partial charge on any atom is -0.477 e. The molecule has 3 aromatic rings. The van der Waals surface area contributed by atoms with Crippen LogP contribution in [0.2, 0.25) is 0 Å². The van der Waals surface area contributed by atoms with Crippen LogP contribution in [0.5, 0.6) is 0 Å². The molecular formula is C14H8O5. The van der Waals surface area contributed by atoms with Gasteiger partial charge in [0.15, 0.2) is 17.1 Å². The van der Waals surface area contributed by atoms with Gasteiger partial charge in [0.05, 0.1) is 11.6 Å². The summed E-state index contributed by atoms with van der Waals surface area (Å²) in [5.74, 6) is -1.20. The van der Waals surface area contributed by atoms with Crippen LogP contribution in [-0.2, 0) is 0 Å². The standard InChI is InChI=1S/C14H8O5/c15-12-8-4-1-2-5-9(8)19-13(11(12)14(16)17)10-6-3-7-18-10/h1-7H,(H,16,17). The molecule has 94 valence electrons. The van der Waals surface area contributed by atoms with E-state index < -0.39 is 17.0 Å². The van der Waals surface area contributed by atoms with Gasteiger partial charge in [-0.3, -0.25) is 4.79 Å². The van der Waals surface area contributed by atoms with Gasteiger partial charge in [-0.25, -0.2) is 4.79 Å². The molecule has 0 atom stereocenters. The maximum Gasteiger partial charge on any atom is 0.343 e. The van der Waals surface area contributed by atoms with Gasteiger partial charge in [-0.05, 0) is 24.3 Å². The molecule has 0 aliphatic rings. The first-order valence-electron chi connectivity index (χ1n) is 5.51. The molecule has 0 bridgehead atoms. The summed E-state index contributed by atoms with van der Waals surface area (Å²) >= 11 is 0. The minimum absolute atomic E-state index is 0.0683.